The third-order valence-electron chi connectivity index (χ3n) is 1.42. The van der Waals surface area contributed by atoms with Gasteiger partial charge in [0.1, 0.15) is 0 Å². The largest absolute Gasteiger partial charge is 0.334 e. The van der Waals surface area contributed by atoms with Gasteiger partial charge in [0.25, 0.3) is 5.85 Å². The quantitative estimate of drug-likeness (QED) is 0.419. The van der Waals surface area contributed by atoms with E-state index in [4.69, 9.17) is 4.74 Å². The summed E-state index contributed by atoms with van der Waals surface area (Å²) in [6.45, 7) is 0.455. The molecule has 1 heterocycles. The molecule has 0 aromatic rings. The number of rotatable bonds is 2. The SMILES string of the molecule is O=C=NC1(N=C=O)CCCO1. The lowest BCUT2D eigenvalue weighted by Crippen LogP contribution is -2.21. The molecule has 0 saturated carbocycles. The van der Waals surface area contributed by atoms with Gasteiger partial charge in [0.2, 0.25) is 12.2 Å². The van der Waals surface area contributed by atoms with E-state index >= 15 is 0 Å². The Bertz CT molecular complexity index is 212. The number of isocyanates is 2. The molecule has 58 valence electrons. The molecule has 1 fully saturated rings. The van der Waals surface area contributed by atoms with Gasteiger partial charge in [-0.15, -0.1) is 9.98 Å². The van der Waals surface area contributed by atoms with E-state index in [2.05, 4.69) is 9.98 Å². The molecule has 0 aromatic carbocycles. The molecule has 1 rings (SSSR count). The zero-order valence-corrected chi connectivity index (χ0v) is 5.74. The van der Waals surface area contributed by atoms with Crippen LogP contribution in [0.2, 0.25) is 0 Å². The van der Waals surface area contributed by atoms with E-state index in [0.717, 1.165) is 6.42 Å². The first-order valence-corrected chi connectivity index (χ1v) is 3.15. The number of carbonyl (C=O) groups excluding carboxylic acids is 2. The fraction of sp³-hybridized carbons (Fsp3) is 0.667. The number of hydrogen-bond donors (Lipinski definition) is 0. The summed E-state index contributed by atoms with van der Waals surface area (Å²) >= 11 is 0. The van der Waals surface area contributed by atoms with Crippen molar-refractivity contribution in [2.45, 2.75) is 18.7 Å². The highest BCUT2D eigenvalue weighted by Crippen LogP contribution is 2.27. The van der Waals surface area contributed by atoms with Crippen molar-refractivity contribution in [3.8, 4) is 0 Å². The first-order valence-electron chi connectivity index (χ1n) is 3.15. The van der Waals surface area contributed by atoms with E-state index < -0.39 is 5.85 Å². The van der Waals surface area contributed by atoms with E-state index in [1.54, 1.807) is 0 Å². The van der Waals surface area contributed by atoms with Crippen molar-refractivity contribution in [1.82, 2.24) is 0 Å². The molecule has 0 aliphatic carbocycles. The Morgan fingerprint density at radius 3 is 2.27 bits per heavy atom. The van der Waals surface area contributed by atoms with Crippen molar-refractivity contribution in [2.75, 3.05) is 6.61 Å². The van der Waals surface area contributed by atoms with Gasteiger partial charge in [-0.3, -0.25) is 0 Å². The first kappa shape index (κ1) is 7.82. The van der Waals surface area contributed by atoms with E-state index in [1.165, 1.54) is 12.2 Å². The van der Waals surface area contributed by atoms with Crippen molar-refractivity contribution >= 4 is 12.2 Å². The molecule has 0 aromatic heterocycles. The highest BCUT2D eigenvalue weighted by molar-refractivity contribution is 5.38. The molecule has 0 unspecified atom stereocenters. The second-order valence-electron chi connectivity index (χ2n) is 2.10. The summed E-state index contributed by atoms with van der Waals surface area (Å²) < 4.78 is 4.96. The van der Waals surface area contributed by atoms with Crippen molar-refractivity contribution < 1.29 is 14.3 Å². The maximum Gasteiger partial charge on any atom is 0.278 e. The molecule has 5 nitrogen and oxygen atoms in total. The average Bonchev–Trinajstić information content (AvgIpc) is 2.39. The van der Waals surface area contributed by atoms with Gasteiger partial charge in [0, 0.05) is 6.42 Å². The molecular weight excluding hydrogens is 148 g/mol. The van der Waals surface area contributed by atoms with Gasteiger partial charge < -0.3 is 4.74 Å². The lowest BCUT2D eigenvalue weighted by atomic mass is 10.3. The molecular formula is C6H6N2O3. The second-order valence-corrected chi connectivity index (χ2v) is 2.10. The second kappa shape index (κ2) is 3.21. The minimum absolute atomic E-state index is 0.442. The number of nitrogens with zero attached hydrogens (tertiary/aromatic N) is 2. The lowest BCUT2D eigenvalue weighted by Gasteiger charge is -2.11. The molecule has 0 radical (unpaired) electrons. The maximum absolute atomic E-state index is 9.88. The van der Waals surface area contributed by atoms with Crippen LogP contribution in [0.4, 0.5) is 0 Å². The summed E-state index contributed by atoms with van der Waals surface area (Å²) in [7, 11) is 0. The van der Waals surface area contributed by atoms with Crippen molar-refractivity contribution in [1.29, 1.82) is 0 Å². The Morgan fingerprint density at radius 2 is 1.91 bits per heavy atom. The summed E-state index contributed by atoms with van der Waals surface area (Å²) in [6, 6.07) is 0. The predicted octanol–water partition coefficient (Wildman–Crippen LogP) is 0.122. The van der Waals surface area contributed by atoms with Crippen molar-refractivity contribution in [3.05, 3.63) is 0 Å². The van der Waals surface area contributed by atoms with E-state index in [0.29, 0.717) is 13.0 Å². The summed E-state index contributed by atoms with van der Waals surface area (Å²) in [5.74, 6) is -1.30. The molecule has 0 N–H and O–H groups in total. The Balaban J connectivity index is 2.86. The van der Waals surface area contributed by atoms with Crippen LogP contribution < -0.4 is 0 Å². The van der Waals surface area contributed by atoms with Crippen LogP contribution in [0.1, 0.15) is 12.8 Å². The van der Waals surface area contributed by atoms with Gasteiger partial charge in [-0.25, -0.2) is 9.59 Å². The van der Waals surface area contributed by atoms with Crippen LogP contribution in [0.3, 0.4) is 0 Å². The van der Waals surface area contributed by atoms with Crippen LogP contribution in [0.25, 0.3) is 0 Å². The third-order valence-corrected chi connectivity index (χ3v) is 1.42. The number of hydrogen-bond acceptors (Lipinski definition) is 5. The van der Waals surface area contributed by atoms with Crippen molar-refractivity contribution in [3.63, 3.8) is 0 Å². The molecule has 5 heteroatoms. The molecule has 0 bridgehead atoms. The first-order chi connectivity index (χ1) is 5.33. The van der Waals surface area contributed by atoms with E-state index in [1.807, 2.05) is 0 Å². The van der Waals surface area contributed by atoms with Gasteiger partial charge >= 0.3 is 0 Å². The van der Waals surface area contributed by atoms with Crippen LogP contribution in [-0.2, 0) is 14.3 Å². The summed E-state index contributed by atoms with van der Waals surface area (Å²) in [6.07, 6.45) is 3.80. The Labute approximate surface area is 62.8 Å². The van der Waals surface area contributed by atoms with Gasteiger partial charge in [0.15, 0.2) is 0 Å². The third kappa shape index (κ3) is 1.59. The lowest BCUT2D eigenvalue weighted by molar-refractivity contribution is 0.0199. The maximum atomic E-state index is 9.88. The van der Waals surface area contributed by atoms with E-state index in [9.17, 15) is 9.59 Å². The van der Waals surface area contributed by atoms with Gasteiger partial charge in [0.05, 0.1) is 6.61 Å². The minimum Gasteiger partial charge on any atom is -0.334 e. The monoisotopic (exact) mass is 154 g/mol. The highest BCUT2D eigenvalue weighted by Gasteiger charge is 2.34. The zero-order chi connectivity index (χ0) is 8.16. The number of aliphatic imine (C=N–C) groups is 2. The van der Waals surface area contributed by atoms with Gasteiger partial charge in [-0.1, -0.05) is 0 Å². The van der Waals surface area contributed by atoms with Crippen LogP contribution in [0.5, 0.6) is 0 Å². The van der Waals surface area contributed by atoms with Crippen LogP contribution in [0.15, 0.2) is 9.98 Å². The zero-order valence-electron chi connectivity index (χ0n) is 5.74. The molecule has 0 spiro atoms. The van der Waals surface area contributed by atoms with Crippen LogP contribution in [-0.4, -0.2) is 24.6 Å². The molecule has 0 amide bonds. The van der Waals surface area contributed by atoms with Crippen LogP contribution >= 0.6 is 0 Å². The Morgan fingerprint density at radius 1 is 1.27 bits per heavy atom. The smallest absolute Gasteiger partial charge is 0.278 e. The average molecular weight is 154 g/mol. The minimum atomic E-state index is -1.30. The van der Waals surface area contributed by atoms with Gasteiger partial charge in [-0.2, -0.15) is 0 Å². The topological polar surface area (TPSA) is 68.1 Å². The van der Waals surface area contributed by atoms with E-state index in [-0.39, 0.29) is 0 Å². The Hall–Kier alpha value is -1.28. The molecule has 1 saturated heterocycles. The van der Waals surface area contributed by atoms with Crippen LogP contribution in [0, 0.1) is 0 Å². The molecule has 1 aliphatic heterocycles. The predicted molar refractivity (Wildman–Crippen MR) is 34.2 cm³/mol. The standard InChI is InChI=1S/C6H6N2O3/c9-4-7-6(8-5-10)2-1-3-11-6/h1-3H2. The summed E-state index contributed by atoms with van der Waals surface area (Å²) in [4.78, 5) is 26.3. The highest BCUT2D eigenvalue weighted by atomic mass is 16.5. The molecule has 0 atom stereocenters. The molecule has 11 heavy (non-hydrogen) atoms. The molecule has 1 aliphatic rings. The Kier molecular flexibility index (Phi) is 2.28. The van der Waals surface area contributed by atoms with Gasteiger partial charge in [-0.05, 0) is 6.42 Å². The number of ether oxygens (including phenoxy) is 1. The fourth-order valence-electron chi connectivity index (χ4n) is 0.954. The summed E-state index contributed by atoms with van der Waals surface area (Å²) in [5, 5.41) is 0. The van der Waals surface area contributed by atoms with Crippen molar-refractivity contribution in [2.24, 2.45) is 9.98 Å². The fourth-order valence-corrected chi connectivity index (χ4v) is 0.954. The normalized spacial score (nSPS) is 28.7. The summed E-state index contributed by atoms with van der Waals surface area (Å²) in [5.41, 5.74) is 0.